The van der Waals surface area contributed by atoms with Crippen LogP contribution in [0.15, 0.2) is 95.7 Å². The Labute approximate surface area is 425 Å². The number of terminal acetylenes is 1. The molecule has 16 nitrogen and oxygen atoms in total. The van der Waals surface area contributed by atoms with Crippen LogP contribution in [0.4, 0.5) is 4.39 Å². The molecule has 0 unspecified atom stereocenters. The predicted octanol–water partition coefficient (Wildman–Crippen LogP) is 8.09. The molecule has 4 aromatic heterocycles. The fourth-order valence-electron chi connectivity index (χ4n) is 8.60. The predicted molar refractivity (Wildman–Crippen MR) is 270 cm³/mol. The van der Waals surface area contributed by atoms with Crippen molar-refractivity contribution in [3.05, 3.63) is 118 Å². The van der Waals surface area contributed by atoms with E-state index in [1.54, 1.807) is 54.9 Å². The molecular weight excluding hydrogens is 965 g/mol. The number of halogens is 2. The number of aromatic nitrogens is 5. The number of rotatable bonds is 12. The quantitative estimate of drug-likeness (QED) is 0.117. The number of hydrogen-bond donors (Lipinski definition) is 1. The second-order valence-corrected chi connectivity index (χ2v) is 18.8. The molecule has 1 N–H and O–H groups in total. The molecular formula is C53H53ClFN7O9S. The van der Waals surface area contributed by atoms with Crippen LogP contribution in [0.5, 0.6) is 23.3 Å². The molecule has 2 fully saturated rings. The van der Waals surface area contributed by atoms with Crippen molar-refractivity contribution < 1.29 is 47.4 Å². The van der Waals surface area contributed by atoms with E-state index in [0.717, 1.165) is 36.6 Å². The number of aliphatic carboxylic acids is 1. The second-order valence-electron chi connectivity index (χ2n) is 17.4. The number of benzene rings is 2. The van der Waals surface area contributed by atoms with Crippen LogP contribution in [0.3, 0.4) is 0 Å². The Balaban J connectivity index is 1.07. The molecule has 2 saturated heterocycles. The highest BCUT2D eigenvalue weighted by Gasteiger charge is 2.30. The van der Waals surface area contributed by atoms with Crippen LogP contribution in [0.25, 0.3) is 37.6 Å². The van der Waals surface area contributed by atoms with Crippen LogP contribution in [-0.2, 0) is 32.0 Å². The number of ether oxygens (including phenoxy) is 7. The highest BCUT2D eigenvalue weighted by molar-refractivity contribution is 7.22. The molecule has 6 aromatic rings. The average Bonchev–Trinajstić information content (AvgIpc) is 3.79. The summed E-state index contributed by atoms with van der Waals surface area (Å²) < 4.78 is 57.4. The molecule has 0 spiro atoms. The van der Waals surface area contributed by atoms with Gasteiger partial charge >= 0.3 is 5.97 Å². The number of carboxylic acids is 1. The number of carbonyl (C=O) groups is 1. The minimum absolute atomic E-state index is 0.00470. The first-order valence-corrected chi connectivity index (χ1v) is 24.8. The summed E-state index contributed by atoms with van der Waals surface area (Å²) in [5.74, 6) is 2.87. The number of hydrogen-bond acceptors (Lipinski definition) is 16. The van der Waals surface area contributed by atoms with E-state index in [1.807, 2.05) is 19.9 Å². The maximum atomic E-state index is 14.4. The molecule has 3 aliphatic rings. The molecule has 3 atom stereocenters. The molecule has 0 amide bonds. The van der Waals surface area contributed by atoms with Crippen molar-refractivity contribution in [2.45, 2.75) is 51.6 Å². The summed E-state index contributed by atoms with van der Waals surface area (Å²) in [6, 6.07) is 16.6. The van der Waals surface area contributed by atoms with Crippen LogP contribution in [0.1, 0.15) is 37.1 Å². The number of likely N-dealkylation sites (N-methyl/N-ethyl adjacent to an activating group) is 1. The highest BCUT2D eigenvalue weighted by Crippen LogP contribution is 2.47. The summed E-state index contributed by atoms with van der Waals surface area (Å²) >= 11 is 8.64. The SMILES string of the molecule is C#C/C1=C(Cl)\C(C)=C(/CC)c2c(-c3ccc(F)cc3)sc3ncnc(c23)O[C@@H](C(=O)O)Cc2cc(ccc2OCc2ccnc(-c3ccc(OC[C@@H]4COCCO4)nc3)n2)OC[C@@H](CN2CCN(C)CC2)O1. The minimum atomic E-state index is -1.48. The Kier molecular flexibility index (Phi) is 16.2. The largest absolute Gasteiger partial charge is 0.490 e. The van der Waals surface area contributed by atoms with Crippen molar-refractivity contribution in [1.29, 1.82) is 0 Å². The molecule has 9 rings (SSSR count). The zero-order chi connectivity index (χ0) is 50.1. The van der Waals surface area contributed by atoms with Gasteiger partial charge in [-0.1, -0.05) is 30.7 Å². The smallest absolute Gasteiger partial charge is 0.345 e. The number of pyridine rings is 1. The first-order valence-electron chi connectivity index (χ1n) is 23.6. The Hall–Kier alpha value is -6.72. The van der Waals surface area contributed by atoms with Gasteiger partial charge in [0.15, 0.2) is 11.6 Å². The molecule has 2 aromatic carbocycles. The van der Waals surface area contributed by atoms with Gasteiger partial charge in [0.1, 0.15) is 60.5 Å². The Bertz CT molecular complexity index is 2990. The number of thiophene rings is 1. The Morgan fingerprint density at radius 3 is 2.53 bits per heavy atom. The number of piperazine rings is 1. The molecule has 0 aliphatic carbocycles. The fourth-order valence-corrected chi connectivity index (χ4v) is 9.98. The molecule has 7 heterocycles. The third kappa shape index (κ3) is 12.0. The summed E-state index contributed by atoms with van der Waals surface area (Å²) in [6.07, 6.45) is 8.86. The number of carboxylic acid groups (broad SMARTS) is 1. The van der Waals surface area contributed by atoms with Crippen LogP contribution in [0, 0.1) is 18.2 Å². The van der Waals surface area contributed by atoms with E-state index in [1.165, 1.54) is 29.8 Å². The van der Waals surface area contributed by atoms with Crippen molar-refractivity contribution in [2.75, 3.05) is 72.8 Å². The molecule has 72 heavy (non-hydrogen) atoms. The summed E-state index contributed by atoms with van der Waals surface area (Å²) in [6.45, 7) is 9.65. The van der Waals surface area contributed by atoms with Gasteiger partial charge in [-0.25, -0.2) is 34.1 Å². The molecule has 2 bridgehead atoms. The van der Waals surface area contributed by atoms with E-state index < -0.39 is 24.0 Å². The van der Waals surface area contributed by atoms with E-state index in [2.05, 4.69) is 42.7 Å². The van der Waals surface area contributed by atoms with E-state index >= 15 is 0 Å². The topological polar surface area (TPSA) is 173 Å². The second kappa shape index (κ2) is 23.2. The lowest BCUT2D eigenvalue weighted by Gasteiger charge is -2.34. The zero-order valence-corrected chi connectivity index (χ0v) is 41.6. The molecule has 19 heteroatoms. The Morgan fingerprint density at radius 1 is 0.972 bits per heavy atom. The lowest BCUT2D eigenvalue weighted by molar-refractivity contribution is -0.145. The lowest BCUT2D eigenvalue weighted by Crippen LogP contribution is -2.48. The van der Waals surface area contributed by atoms with Crippen molar-refractivity contribution >= 4 is 44.7 Å². The van der Waals surface area contributed by atoms with Crippen molar-refractivity contribution in [1.82, 2.24) is 34.7 Å². The summed E-state index contributed by atoms with van der Waals surface area (Å²) in [7, 11) is 2.09. The van der Waals surface area contributed by atoms with Gasteiger partial charge in [0.2, 0.25) is 17.9 Å². The average molecular weight is 1020 g/mol. The van der Waals surface area contributed by atoms with Gasteiger partial charge in [0.25, 0.3) is 0 Å². The Morgan fingerprint density at radius 2 is 1.79 bits per heavy atom. The summed E-state index contributed by atoms with van der Waals surface area (Å²) in [5, 5.41) is 11.6. The van der Waals surface area contributed by atoms with Crippen LogP contribution < -0.4 is 18.9 Å². The monoisotopic (exact) mass is 1020 g/mol. The van der Waals surface area contributed by atoms with Gasteiger partial charge in [0, 0.05) is 79.2 Å². The van der Waals surface area contributed by atoms with Gasteiger partial charge in [-0.15, -0.1) is 17.8 Å². The van der Waals surface area contributed by atoms with Gasteiger partial charge < -0.3 is 43.2 Å². The highest BCUT2D eigenvalue weighted by atomic mass is 35.5. The maximum Gasteiger partial charge on any atom is 0.345 e. The van der Waals surface area contributed by atoms with E-state index in [-0.39, 0.29) is 42.4 Å². The minimum Gasteiger partial charge on any atom is -0.490 e. The lowest BCUT2D eigenvalue weighted by atomic mass is 9.93. The van der Waals surface area contributed by atoms with Crippen molar-refractivity contribution in [3.8, 4) is 57.4 Å². The van der Waals surface area contributed by atoms with Gasteiger partial charge in [-0.3, -0.25) is 4.90 Å². The number of allylic oxidation sites excluding steroid dienone is 4. The maximum absolute atomic E-state index is 14.4. The first kappa shape index (κ1) is 50.2. The van der Waals surface area contributed by atoms with Gasteiger partial charge in [-0.05, 0) is 85.5 Å². The normalized spacial score (nSPS) is 21.4. The van der Waals surface area contributed by atoms with E-state index in [0.29, 0.717) is 106 Å². The number of nitrogens with zero attached hydrogens (tertiary/aromatic N) is 7. The van der Waals surface area contributed by atoms with Crippen molar-refractivity contribution in [2.24, 2.45) is 0 Å². The molecule has 3 aliphatic heterocycles. The number of fused-ring (bicyclic) bond motifs is 2. The molecule has 0 radical (unpaired) electrons. The summed E-state index contributed by atoms with van der Waals surface area (Å²) in [4.78, 5) is 42.0. The summed E-state index contributed by atoms with van der Waals surface area (Å²) in [5.41, 5.74) is 4.40. The zero-order valence-electron chi connectivity index (χ0n) is 40.0. The van der Waals surface area contributed by atoms with E-state index in [9.17, 15) is 14.3 Å². The first-order chi connectivity index (χ1) is 35.0. The van der Waals surface area contributed by atoms with Crippen LogP contribution in [-0.4, -0.2) is 137 Å². The molecule has 0 saturated carbocycles. The van der Waals surface area contributed by atoms with Crippen LogP contribution >= 0.6 is 22.9 Å². The van der Waals surface area contributed by atoms with E-state index in [4.69, 9.17) is 56.2 Å². The third-order valence-electron chi connectivity index (χ3n) is 12.5. The van der Waals surface area contributed by atoms with Gasteiger partial charge in [0.05, 0.1) is 35.9 Å². The fraction of sp³-hybridized carbons (Fsp3) is 0.358. The standard InChI is InChI=1S/C53H53ClFN7O9S/c1-5-41-32(3)48(54)42(6-2)70-39(26-62-19-17-61(4)18-20-62)29-67-38-12-13-43(68-27-37-15-16-56-50(60-37)34-9-14-45(57-25-34)69-30-40-28-65-21-22-66-40)35(23-38)24-44(53(63)64)71-51-47-46(41)49(72-52(47)59-31-58-51)33-7-10-36(55)11-8-33/h2,7-16,23,25,31,39-40,44H,5,17-22,24,26-30H2,1,3-4H3,(H,63,64)/b41-32+,48-42-/t39-,40+,44-/m1/s1. The van der Waals surface area contributed by atoms with Gasteiger partial charge in [-0.2, -0.15) is 0 Å². The third-order valence-corrected chi connectivity index (χ3v) is 14.1. The molecule has 374 valence electrons. The van der Waals surface area contributed by atoms with Crippen LogP contribution in [0.2, 0.25) is 0 Å². The van der Waals surface area contributed by atoms with Crippen molar-refractivity contribution in [3.63, 3.8) is 0 Å².